The summed E-state index contributed by atoms with van der Waals surface area (Å²) >= 11 is 0. The molecular weight excluding hydrogens is 806 g/mol. The van der Waals surface area contributed by atoms with Gasteiger partial charge in [0.25, 0.3) is 0 Å². The van der Waals surface area contributed by atoms with E-state index >= 15 is 0 Å². The molecule has 332 valence electrons. The van der Waals surface area contributed by atoms with Crippen LogP contribution in [0.5, 0.6) is 11.5 Å². The van der Waals surface area contributed by atoms with Crippen molar-refractivity contribution >= 4 is 59.2 Å². The Kier molecular flexibility index (Phi) is 20.1. The number of rotatable bonds is 27. The van der Waals surface area contributed by atoms with E-state index in [4.69, 9.17) is 22.9 Å². The van der Waals surface area contributed by atoms with E-state index in [1.54, 1.807) is 0 Å². The number of phenols is 2. The molecule has 0 unspecified atom stereocenters. The molecule has 0 heterocycles. The van der Waals surface area contributed by atoms with E-state index in [1.807, 2.05) is 0 Å². The first-order valence-electron chi connectivity index (χ1n) is 18.8. The lowest BCUT2D eigenvalue weighted by Crippen LogP contribution is -2.60. The summed E-state index contributed by atoms with van der Waals surface area (Å²) in [5.74, 6) is -10.8. The van der Waals surface area contributed by atoms with Crippen molar-refractivity contribution in [3.05, 3.63) is 59.7 Å². The van der Waals surface area contributed by atoms with Crippen LogP contribution in [0.25, 0.3) is 0 Å². The highest BCUT2D eigenvalue weighted by Gasteiger charge is 2.34. The summed E-state index contributed by atoms with van der Waals surface area (Å²) in [5, 5.41) is 50.4. The number of carbonyl (C=O) groups excluding carboxylic acids is 8. The summed E-state index contributed by atoms with van der Waals surface area (Å²) in [6, 6.07) is 1.43. The molecule has 2 rings (SSSR count). The fourth-order valence-electron chi connectivity index (χ4n) is 5.59. The molecule has 0 aliphatic carbocycles. The van der Waals surface area contributed by atoms with Crippen LogP contribution in [0.4, 0.5) is 0 Å². The number of nitrogens with one attached hydrogen (secondary N) is 5. The van der Waals surface area contributed by atoms with Crippen LogP contribution in [0.3, 0.4) is 0 Å². The standard InChI is InChI=1S/C38H51N9O14/c39-23(9-13-29(40)50)33(55)43-25(12-16-32(53)54)35(57)46-28(18-20-3-7-22(49)8-4-20)37(59)47-27(17-19-1-5-21(48)6-2-19)36(58)44-24(10-14-30(41)51)34(56)45-26(38(60)61)11-15-31(42)52/h1-8,23-28,48-49H,9-18,39H2,(H2,40,50)(H2,41,51)(H2,42,52)(H,43,55)(H,44,58)(H,45,56)(H,46,57)(H,47,59)(H,53,54)(H,60,61)/t23-,24-,25-,26-,27-,28-/m0/s1. The number of primary amides is 3. The lowest BCUT2D eigenvalue weighted by molar-refractivity contribution is -0.143. The van der Waals surface area contributed by atoms with Gasteiger partial charge in [0.15, 0.2) is 0 Å². The third-order valence-corrected chi connectivity index (χ3v) is 8.94. The molecule has 23 heteroatoms. The highest BCUT2D eigenvalue weighted by molar-refractivity contribution is 5.97. The van der Waals surface area contributed by atoms with Crippen LogP contribution in [0.15, 0.2) is 48.5 Å². The Labute approximate surface area is 348 Å². The Balaban J connectivity index is 2.52. The van der Waals surface area contributed by atoms with Crippen LogP contribution in [-0.4, -0.2) is 116 Å². The van der Waals surface area contributed by atoms with Crippen LogP contribution < -0.4 is 49.5 Å². The number of amides is 8. The van der Waals surface area contributed by atoms with Gasteiger partial charge in [-0.15, -0.1) is 0 Å². The molecule has 23 nitrogen and oxygen atoms in total. The number of hydrogen-bond donors (Lipinski definition) is 13. The lowest BCUT2D eigenvalue weighted by Gasteiger charge is -2.27. The van der Waals surface area contributed by atoms with Gasteiger partial charge in [0.05, 0.1) is 6.04 Å². The predicted octanol–water partition coefficient (Wildman–Crippen LogP) is -3.62. The van der Waals surface area contributed by atoms with E-state index in [-0.39, 0.29) is 37.2 Å². The maximum absolute atomic E-state index is 14.2. The second-order valence-electron chi connectivity index (χ2n) is 13.9. The molecule has 0 aliphatic rings. The molecule has 6 atom stereocenters. The zero-order valence-electron chi connectivity index (χ0n) is 32.8. The summed E-state index contributed by atoms with van der Waals surface area (Å²) in [7, 11) is 0. The minimum atomic E-state index is -1.64. The number of benzene rings is 2. The molecule has 0 saturated heterocycles. The molecule has 0 saturated carbocycles. The maximum atomic E-state index is 14.2. The normalized spacial score (nSPS) is 13.7. The van der Waals surface area contributed by atoms with E-state index in [9.17, 15) is 68.4 Å². The van der Waals surface area contributed by atoms with Crippen molar-refractivity contribution in [2.24, 2.45) is 22.9 Å². The van der Waals surface area contributed by atoms with E-state index in [0.29, 0.717) is 11.1 Å². The molecule has 0 fully saturated rings. The maximum Gasteiger partial charge on any atom is 0.326 e. The van der Waals surface area contributed by atoms with Crippen molar-refractivity contribution in [3.63, 3.8) is 0 Å². The first-order valence-corrected chi connectivity index (χ1v) is 18.8. The number of carbonyl (C=O) groups is 10. The van der Waals surface area contributed by atoms with E-state index in [1.165, 1.54) is 48.5 Å². The smallest absolute Gasteiger partial charge is 0.326 e. The average molecular weight is 858 g/mol. The Morgan fingerprint density at radius 1 is 0.443 bits per heavy atom. The van der Waals surface area contributed by atoms with Crippen molar-refractivity contribution in [3.8, 4) is 11.5 Å². The number of nitrogens with two attached hydrogens (primary N) is 4. The van der Waals surface area contributed by atoms with Crippen molar-refractivity contribution in [2.45, 2.75) is 100 Å². The minimum absolute atomic E-state index is 0.138. The zero-order valence-corrected chi connectivity index (χ0v) is 32.8. The molecule has 61 heavy (non-hydrogen) atoms. The van der Waals surface area contributed by atoms with Gasteiger partial charge in [0.1, 0.15) is 41.7 Å². The highest BCUT2D eigenvalue weighted by atomic mass is 16.4. The Morgan fingerprint density at radius 3 is 1.13 bits per heavy atom. The quantitative estimate of drug-likeness (QED) is 0.0413. The molecule has 0 bridgehead atoms. The molecule has 8 amide bonds. The topological polar surface area (TPSA) is 416 Å². The number of hydrogen-bond acceptors (Lipinski definition) is 13. The Morgan fingerprint density at radius 2 is 0.754 bits per heavy atom. The van der Waals surface area contributed by atoms with Gasteiger partial charge in [-0.25, -0.2) is 4.79 Å². The Bertz CT molecular complexity index is 1910. The second kappa shape index (κ2) is 24.6. The van der Waals surface area contributed by atoms with E-state index in [2.05, 4.69) is 26.6 Å². The van der Waals surface area contributed by atoms with Gasteiger partial charge in [-0.1, -0.05) is 24.3 Å². The summed E-state index contributed by atoms with van der Waals surface area (Å²) in [6.07, 6.45) is -3.95. The molecule has 2 aromatic carbocycles. The van der Waals surface area contributed by atoms with Crippen molar-refractivity contribution in [2.75, 3.05) is 0 Å². The zero-order chi connectivity index (χ0) is 45.8. The van der Waals surface area contributed by atoms with Gasteiger partial charge in [0, 0.05) is 38.5 Å². The molecule has 2 aromatic rings. The number of carboxylic acid groups (broad SMARTS) is 2. The van der Waals surface area contributed by atoms with Crippen LogP contribution in [0, 0.1) is 0 Å². The summed E-state index contributed by atoms with van der Waals surface area (Å²) in [6.45, 7) is 0. The van der Waals surface area contributed by atoms with Crippen molar-refractivity contribution in [1.29, 1.82) is 0 Å². The first-order chi connectivity index (χ1) is 28.6. The highest BCUT2D eigenvalue weighted by Crippen LogP contribution is 2.15. The second-order valence-corrected chi connectivity index (χ2v) is 13.9. The van der Waals surface area contributed by atoms with Gasteiger partial charge in [-0.2, -0.15) is 0 Å². The van der Waals surface area contributed by atoms with Crippen molar-refractivity contribution < 1.29 is 68.4 Å². The summed E-state index contributed by atoms with van der Waals surface area (Å²) in [4.78, 5) is 126. The van der Waals surface area contributed by atoms with Crippen LogP contribution in [-0.2, 0) is 60.8 Å². The predicted molar refractivity (Wildman–Crippen MR) is 211 cm³/mol. The van der Waals surface area contributed by atoms with E-state index in [0.717, 1.165) is 0 Å². The first kappa shape index (κ1) is 49.8. The number of aromatic hydroxyl groups is 2. The molecule has 0 spiro atoms. The van der Waals surface area contributed by atoms with E-state index < -0.39 is 134 Å². The van der Waals surface area contributed by atoms with Gasteiger partial charge >= 0.3 is 11.9 Å². The van der Waals surface area contributed by atoms with Crippen LogP contribution in [0.1, 0.15) is 62.5 Å². The molecule has 0 aromatic heterocycles. The number of phenolic OH excluding ortho intramolecular Hbond substituents is 2. The third-order valence-electron chi connectivity index (χ3n) is 8.94. The third kappa shape index (κ3) is 18.9. The molecule has 0 aliphatic heterocycles. The van der Waals surface area contributed by atoms with Crippen LogP contribution >= 0.6 is 0 Å². The van der Waals surface area contributed by atoms with Gasteiger partial charge in [0.2, 0.25) is 47.3 Å². The molecule has 0 radical (unpaired) electrons. The Hall–Kier alpha value is -7.30. The monoisotopic (exact) mass is 857 g/mol. The van der Waals surface area contributed by atoms with Crippen LogP contribution in [0.2, 0.25) is 0 Å². The summed E-state index contributed by atoms with van der Waals surface area (Å²) in [5.41, 5.74) is 22.1. The van der Waals surface area contributed by atoms with Gasteiger partial charge in [-0.05, 0) is 61.1 Å². The largest absolute Gasteiger partial charge is 0.508 e. The molecular formula is C38H51N9O14. The minimum Gasteiger partial charge on any atom is -0.508 e. The molecule has 17 N–H and O–H groups in total. The number of aliphatic carboxylic acids is 2. The fraction of sp³-hybridized carbons (Fsp3) is 0.421. The summed E-state index contributed by atoms with van der Waals surface area (Å²) < 4.78 is 0. The van der Waals surface area contributed by atoms with Gasteiger partial charge < -0.3 is 69.9 Å². The fourth-order valence-corrected chi connectivity index (χ4v) is 5.59. The SMILES string of the molecule is NC(=O)CC[C@H](NC(=O)[C@H](CCC(N)=O)NC(=O)[C@H](Cc1ccc(O)cc1)NC(=O)[C@H](Cc1ccc(O)cc1)NC(=O)[C@H](CCC(=O)O)NC(=O)[C@@H](N)CCC(N)=O)C(=O)O. The average Bonchev–Trinajstić information content (AvgIpc) is 3.18. The number of carboxylic acids is 2. The lowest BCUT2D eigenvalue weighted by atomic mass is 10.0. The van der Waals surface area contributed by atoms with Crippen molar-refractivity contribution in [1.82, 2.24) is 26.6 Å². The van der Waals surface area contributed by atoms with Gasteiger partial charge in [-0.3, -0.25) is 43.2 Å².